The van der Waals surface area contributed by atoms with Crippen LogP contribution in [0.1, 0.15) is 37.2 Å². The number of hydrogen-bond acceptors (Lipinski definition) is 4. The fraction of sp³-hybridized carbons (Fsp3) is 0.304. The number of carbonyl (C=O) groups is 2. The van der Waals surface area contributed by atoms with E-state index in [9.17, 15) is 9.59 Å². The van der Waals surface area contributed by atoms with Crippen molar-refractivity contribution in [1.29, 1.82) is 0 Å². The molecule has 1 heterocycles. The smallest absolute Gasteiger partial charge is 0.232 e. The van der Waals surface area contributed by atoms with E-state index in [0.717, 1.165) is 11.3 Å². The third kappa shape index (κ3) is 3.57. The van der Waals surface area contributed by atoms with Crippen molar-refractivity contribution in [3.05, 3.63) is 63.3 Å². The number of ketones is 1. The van der Waals surface area contributed by atoms with Gasteiger partial charge in [0.1, 0.15) is 11.5 Å². The van der Waals surface area contributed by atoms with Gasteiger partial charge in [-0.3, -0.25) is 14.5 Å². The summed E-state index contributed by atoms with van der Waals surface area (Å²) in [6.07, 6.45) is 1.97. The average Bonchev–Trinajstić information content (AvgIpc) is 2.75. The molecule has 2 aliphatic rings. The SMILES string of the molecule is COc1ccc(C2CC(=O)N(c3ccc(Cl)c(Cl)c3)C3=C2C(=O)CCC3)c(OC)c1. The summed E-state index contributed by atoms with van der Waals surface area (Å²) in [7, 11) is 3.15. The number of Topliss-reactive ketones (excluding diaryl/α,β-unsaturated/α-hetero) is 1. The molecule has 5 nitrogen and oxygen atoms in total. The minimum atomic E-state index is -0.361. The summed E-state index contributed by atoms with van der Waals surface area (Å²) >= 11 is 12.2. The van der Waals surface area contributed by atoms with Gasteiger partial charge in [0.15, 0.2) is 5.78 Å². The Morgan fingerprint density at radius 2 is 1.77 bits per heavy atom. The van der Waals surface area contributed by atoms with Crippen molar-refractivity contribution >= 4 is 40.6 Å². The molecule has 0 fully saturated rings. The predicted molar refractivity (Wildman–Crippen MR) is 117 cm³/mol. The zero-order chi connectivity index (χ0) is 21.4. The molecule has 1 aliphatic heterocycles. The molecule has 156 valence electrons. The second-order valence-corrected chi connectivity index (χ2v) is 8.14. The van der Waals surface area contributed by atoms with Gasteiger partial charge in [-0.2, -0.15) is 0 Å². The summed E-state index contributed by atoms with van der Waals surface area (Å²) in [5.74, 6) is 0.862. The highest BCUT2D eigenvalue weighted by molar-refractivity contribution is 6.42. The van der Waals surface area contributed by atoms with Gasteiger partial charge in [-0.15, -0.1) is 0 Å². The number of anilines is 1. The average molecular weight is 446 g/mol. The van der Waals surface area contributed by atoms with Crippen molar-refractivity contribution in [3.8, 4) is 11.5 Å². The van der Waals surface area contributed by atoms with Crippen LogP contribution in [0, 0.1) is 0 Å². The van der Waals surface area contributed by atoms with E-state index in [1.807, 2.05) is 12.1 Å². The van der Waals surface area contributed by atoms with Crippen LogP contribution in [0.4, 0.5) is 5.69 Å². The topological polar surface area (TPSA) is 55.8 Å². The van der Waals surface area contributed by atoms with E-state index in [-0.39, 0.29) is 24.0 Å². The van der Waals surface area contributed by atoms with E-state index in [1.54, 1.807) is 43.4 Å². The second-order valence-electron chi connectivity index (χ2n) is 7.33. The Morgan fingerprint density at radius 3 is 2.47 bits per heavy atom. The van der Waals surface area contributed by atoms with Crippen molar-refractivity contribution in [2.45, 2.75) is 31.6 Å². The van der Waals surface area contributed by atoms with Crippen LogP contribution in [0.5, 0.6) is 11.5 Å². The van der Waals surface area contributed by atoms with Gasteiger partial charge >= 0.3 is 0 Å². The highest BCUT2D eigenvalue weighted by Gasteiger charge is 2.40. The van der Waals surface area contributed by atoms with E-state index >= 15 is 0 Å². The number of allylic oxidation sites excluding steroid dienone is 2. The molecule has 0 saturated heterocycles. The molecule has 30 heavy (non-hydrogen) atoms. The zero-order valence-corrected chi connectivity index (χ0v) is 18.2. The summed E-state index contributed by atoms with van der Waals surface area (Å²) in [6.45, 7) is 0. The first-order chi connectivity index (χ1) is 14.4. The van der Waals surface area contributed by atoms with Crippen LogP contribution in [0.25, 0.3) is 0 Å². The molecule has 1 unspecified atom stereocenters. The van der Waals surface area contributed by atoms with E-state index in [0.29, 0.717) is 52.1 Å². The quantitative estimate of drug-likeness (QED) is 0.619. The maximum Gasteiger partial charge on any atom is 0.232 e. The van der Waals surface area contributed by atoms with Crippen LogP contribution < -0.4 is 14.4 Å². The van der Waals surface area contributed by atoms with Gasteiger partial charge in [0.05, 0.1) is 30.0 Å². The van der Waals surface area contributed by atoms with E-state index in [1.165, 1.54) is 0 Å². The van der Waals surface area contributed by atoms with E-state index < -0.39 is 0 Å². The molecule has 0 bridgehead atoms. The van der Waals surface area contributed by atoms with Gasteiger partial charge < -0.3 is 9.47 Å². The molecule has 0 radical (unpaired) electrons. The Morgan fingerprint density at radius 1 is 0.967 bits per heavy atom. The molecule has 4 rings (SSSR count). The van der Waals surface area contributed by atoms with Crippen molar-refractivity contribution in [2.24, 2.45) is 0 Å². The summed E-state index contributed by atoms with van der Waals surface area (Å²) in [5.41, 5.74) is 2.85. The second kappa shape index (κ2) is 8.32. The summed E-state index contributed by atoms with van der Waals surface area (Å²) in [5, 5.41) is 0.782. The maximum atomic E-state index is 13.3. The molecule has 2 aromatic carbocycles. The van der Waals surface area contributed by atoms with Crippen molar-refractivity contribution in [2.75, 3.05) is 19.1 Å². The summed E-state index contributed by atoms with van der Waals surface area (Å²) < 4.78 is 10.8. The zero-order valence-electron chi connectivity index (χ0n) is 16.7. The van der Waals surface area contributed by atoms with Gasteiger partial charge in [-0.1, -0.05) is 29.3 Å². The normalized spacial score (nSPS) is 19.1. The van der Waals surface area contributed by atoms with Crippen LogP contribution >= 0.6 is 23.2 Å². The standard InChI is InChI=1S/C23H21Cl2NO4/c1-29-14-7-8-15(21(11-14)30-2)16-12-22(28)26(13-6-9-17(24)18(25)10-13)19-4-3-5-20(27)23(16)19/h6-11,16H,3-5,12H2,1-2H3. The van der Waals surface area contributed by atoms with Gasteiger partial charge in [0, 0.05) is 41.7 Å². The number of amides is 1. The van der Waals surface area contributed by atoms with Crippen LogP contribution in [-0.4, -0.2) is 25.9 Å². The number of hydrogen-bond donors (Lipinski definition) is 0. The Balaban J connectivity index is 1.87. The molecule has 1 aliphatic carbocycles. The van der Waals surface area contributed by atoms with Crippen LogP contribution in [0.2, 0.25) is 10.0 Å². The molecule has 0 N–H and O–H groups in total. The van der Waals surface area contributed by atoms with Crippen molar-refractivity contribution < 1.29 is 19.1 Å². The Kier molecular flexibility index (Phi) is 5.76. The molecule has 7 heteroatoms. The fourth-order valence-electron chi connectivity index (χ4n) is 4.29. The lowest BCUT2D eigenvalue weighted by molar-refractivity contribution is -0.119. The highest BCUT2D eigenvalue weighted by atomic mass is 35.5. The van der Waals surface area contributed by atoms with Crippen LogP contribution in [0.15, 0.2) is 47.7 Å². The minimum absolute atomic E-state index is 0.0664. The molecule has 0 spiro atoms. The maximum absolute atomic E-state index is 13.3. The van der Waals surface area contributed by atoms with E-state index in [4.69, 9.17) is 32.7 Å². The molecular formula is C23H21Cl2NO4. The lowest BCUT2D eigenvalue weighted by Gasteiger charge is -2.38. The number of rotatable bonds is 4. The number of benzene rings is 2. The fourth-order valence-corrected chi connectivity index (χ4v) is 4.58. The molecular weight excluding hydrogens is 425 g/mol. The third-order valence-electron chi connectivity index (χ3n) is 5.65. The first-order valence-electron chi connectivity index (χ1n) is 9.70. The van der Waals surface area contributed by atoms with Crippen molar-refractivity contribution in [3.63, 3.8) is 0 Å². The summed E-state index contributed by atoms with van der Waals surface area (Å²) in [4.78, 5) is 28.0. The number of ether oxygens (including phenoxy) is 2. The number of nitrogens with zero attached hydrogens (tertiary/aromatic N) is 1. The Bertz CT molecular complexity index is 1060. The monoisotopic (exact) mass is 445 g/mol. The van der Waals surface area contributed by atoms with Crippen LogP contribution in [-0.2, 0) is 9.59 Å². The van der Waals surface area contributed by atoms with Gasteiger partial charge in [-0.05, 0) is 37.1 Å². The minimum Gasteiger partial charge on any atom is -0.497 e. The first kappa shape index (κ1) is 20.8. The van der Waals surface area contributed by atoms with Gasteiger partial charge in [0.2, 0.25) is 5.91 Å². The Labute approximate surface area is 185 Å². The largest absolute Gasteiger partial charge is 0.497 e. The van der Waals surface area contributed by atoms with E-state index in [2.05, 4.69) is 0 Å². The third-order valence-corrected chi connectivity index (χ3v) is 6.39. The van der Waals surface area contributed by atoms with Gasteiger partial charge in [-0.25, -0.2) is 0 Å². The Hall–Kier alpha value is -2.50. The van der Waals surface area contributed by atoms with Crippen LogP contribution in [0.3, 0.4) is 0 Å². The predicted octanol–water partition coefficient (Wildman–Crippen LogP) is 5.54. The summed E-state index contributed by atoms with van der Waals surface area (Å²) in [6, 6.07) is 10.6. The molecule has 1 atom stereocenters. The lowest BCUT2D eigenvalue weighted by Crippen LogP contribution is -2.40. The van der Waals surface area contributed by atoms with Crippen molar-refractivity contribution in [1.82, 2.24) is 0 Å². The van der Waals surface area contributed by atoms with Gasteiger partial charge in [0.25, 0.3) is 0 Å². The molecule has 0 saturated carbocycles. The lowest BCUT2D eigenvalue weighted by atomic mass is 9.77. The number of carbonyl (C=O) groups excluding carboxylic acids is 2. The number of methoxy groups -OCH3 is 2. The first-order valence-corrected chi connectivity index (χ1v) is 10.5. The molecule has 0 aromatic heterocycles. The molecule has 1 amide bonds. The molecule has 2 aromatic rings. The number of halogens is 2. The highest BCUT2D eigenvalue weighted by Crippen LogP contribution is 2.46.